The molecule has 0 aliphatic rings. The van der Waals surface area contributed by atoms with Gasteiger partial charge in [-0.25, -0.2) is 15.4 Å². The van der Waals surface area contributed by atoms with Gasteiger partial charge in [-0.05, 0) is 6.92 Å². The average Bonchev–Trinajstić information content (AvgIpc) is 2.03. The van der Waals surface area contributed by atoms with Gasteiger partial charge in [0.25, 0.3) is 5.91 Å². The Morgan fingerprint density at radius 1 is 1.75 bits per heavy atom. The first-order valence-corrected chi connectivity index (χ1v) is 3.18. The fourth-order valence-corrected chi connectivity index (χ4v) is 0.723. The molecule has 0 aliphatic carbocycles. The van der Waals surface area contributed by atoms with Gasteiger partial charge in [-0.1, -0.05) is 0 Å². The lowest BCUT2D eigenvalue weighted by Gasteiger charge is -2.01. The lowest BCUT2D eigenvalue weighted by atomic mass is 10.3. The first-order valence-electron chi connectivity index (χ1n) is 3.18. The van der Waals surface area contributed by atoms with Crippen LogP contribution in [0.1, 0.15) is 16.2 Å². The second-order valence-electron chi connectivity index (χ2n) is 2.16. The van der Waals surface area contributed by atoms with Crippen molar-refractivity contribution in [2.24, 2.45) is 0 Å². The Balaban J connectivity index is 3.09. The standard InChI is InChI=1S/C6H8N4O2/c1-3-8-2-4(5(7)9-3)6(11)10-12/h2,12H,1H3,(H,10,11)(H2,7,8,9). The summed E-state index contributed by atoms with van der Waals surface area (Å²) in [6, 6.07) is 0. The number of aryl methyl sites for hydroxylation is 1. The number of hydrogen-bond donors (Lipinski definition) is 3. The van der Waals surface area contributed by atoms with Gasteiger partial charge in [0.05, 0.1) is 0 Å². The van der Waals surface area contributed by atoms with E-state index in [2.05, 4.69) is 9.97 Å². The molecule has 0 aliphatic heterocycles. The van der Waals surface area contributed by atoms with E-state index in [4.69, 9.17) is 10.9 Å². The SMILES string of the molecule is Cc1ncc(C(=O)NO)c(N)n1. The Kier molecular flexibility index (Phi) is 2.20. The fourth-order valence-electron chi connectivity index (χ4n) is 0.723. The molecule has 64 valence electrons. The normalized spacial score (nSPS) is 9.50. The van der Waals surface area contributed by atoms with Crippen LogP contribution in [0.5, 0.6) is 0 Å². The number of carbonyl (C=O) groups excluding carboxylic acids is 1. The Morgan fingerprint density at radius 2 is 2.42 bits per heavy atom. The third kappa shape index (κ3) is 1.48. The molecule has 1 amide bonds. The molecule has 0 bridgehead atoms. The number of nitrogen functional groups attached to an aromatic ring is 1. The van der Waals surface area contributed by atoms with E-state index in [0.29, 0.717) is 5.82 Å². The van der Waals surface area contributed by atoms with Gasteiger partial charge in [-0.15, -0.1) is 0 Å². The number of anilines is 1. The molecule has 0 aromatic carbocycles. The summed E-state index contributed by atoms with van der Waals surface area (Å²) in [4.78, 5) is 18.3. The van der Waals surface area contributed by atoms with Crippen LogP contribution in [0.4, 0.5) is 5.82 Å². The van der Waals surface area contributed by atoms with Crippen LogP contribution in [0.2, 0.25) is 0 Å². The zero-order chi connectivity index (χ0) is 9.14. The van der Waals surface area contributed by atoms with E-state index in [9.17, 15) is 4.79 Å². The molecule has 6 heteroatoms. The molecule has 1 aromatic heterocycles. The van der Waals surface area contributed by atoms with Crippen LogP contribution in [0.25, 0.3) is 0 Å². The Bertz CT molecular complexity index is 312. The van der Waals surface area contributed by atoms with Gasteiger partial charge < -0.3 is 5.73 Å². The Hall–Kier alpha value is -1.69. The van der Waals surface area contributed by atoms with E-state index >= 15 is 0 Å². The molecule has 0 atom stereocenters. The van der Waals surface area contributed by atoms with Gasteiger partial charge in [-0.3, -0.25) is 10.0 Å². The van der Waals surface area contributed by atoms with Gasteiger partial charge >= 0.3 is 0 Å². The maximum atomic E-state index is 10.8. The quantitative estimate of drug-likeness (QED) is 0.387. The summed E-state index contributed by atoms with van der Waals surface area (Å²) >= 11 is 0. The van der Waals surface area contributed by atoms with Crippen molar-refractivity contribution in [2.75, 3.05) is 5.73 Å². The molecule has 6 nitrogen and oxygen atoms in total. The van der Waals surface area contributed by atoms with E-state index in [-0.39, 0.29) is 11.4 Å². The summed E-state index contributed by atoms with van der Waals surface area (Å²) in [7, 11) is 0. The maximum Gasteiger partial charge on any atom is 0.279 e. The van der Waals surface area contributed by atoms with Crippen LogP contribution in [-0.4, -0.2) is 21.1 Å². The minimum Gasteiger partial charge on any atom is -0.383 e. The molecule has 12 heavy (non-hydrogen) atoms. The highest BCUT2D eigenvalue weighted by molar-refractivity contribution is 5.97. The minimum absolute atomic E-state index is 0.0500. The minimum atomic E-state index is -0.715. The van der Waals surface area contributed by atoms with Gasteiger partial charge in [0.15, 0.2) is 0 Å². The molecular formula is C6H8N4O2. The molecule has 0 radical (unpaired) electrons. The predicted octanol–water partition coefficient (Wildman–Crippen LogP) is -0.514. The number of hydroxylamine groups is 1. The van der Waals surface area contributed by atoms with E-state index in [1.54, 1.807) is 6.92 Å². The topological polar surface area (TPSA) is 101 Å². The summed E-state index contributed by atoms with van der Waals surface area (Å²) in [6.07, 6.45) is 1.25. The molecule has 1 heterocycles. The third-order valence-corrected chi connectivity index (χ3v) is 1.28. The number of carbonyl (C=O) groups is 1. The number of amides is 1. The van der Waals surface area contributed by atoms with Gasteiger partial charge in [0, 0.05) is 6.20 Å². The van der Waals surface area contributed by atoms with Gasteiger partial charge in [0.2, 0.25) is 0 Å². The van der Waals surface area contributed by atoms with Crippen LogP contribution in [-0.2, 0) is 0 Å². The van der Waals surface area contributed by atoms with Crippen molar-refractivity contribution >= 4 is 11.7 Å². The summed E-state index contributed by atoms with van der Waals surface area (Å²) in [5.74, 6) is -0.191. The molecule has 1 rings (SSSR count). The number of rotatable bonds is 1. The zero-order valence-electron chi connectivity index (χ0n) is 6.40. The highest BCUT2D eigenvalue weighted by Gasteiger charge is 2.09. The van der Waals surface area contributed by atoms with Crippen LogP contribution in [0.15, 0.2) is 6.20 Å². The highest BCUT2D eigenvalue weighted by atomic mass is 16.5. The Labute approximate surface area is 68.4 Å². The van der Waals surface area contributed by atoms with Gasteiger partial charge in [-0.2, -0.15) is 0 Å². The summed E-state index contributed by atoms with van der Waals surface area (Å²) in [6.45, 7) is 1.65. The van der Waals surface area contributed by atoms with Crippen LogP contribution in [0, 0.1) is 6.92 Å². The van der Waals surface area contributed by atoms with Crippen molar-refractivity contribution in [1.82, 2.24) is 15.4 Å². The molecule has 0 saturated heterocycles. The molecule has 0 saturated carbocycles. The molecule has 0 fully saturated rings. The highest BCUT2D eigenvalue weighted by Crippen LogP contribution is 2.05. The number of nitrogens with zero attached hydrogens (tertiary/aromatic N) is 2. The van der Waals surface area contributed by atoms with Gasteiger partial charge in [0.1, 0.15) is 17.2 Å². The maximum absolute atomic E-state index is 10.8. The second-order valence-corrected chi connectivity index (χ2v) is 2.16. The van der Waals surface area contributed by atoms with Crippen LogP contribution in [0.3, 0.4) is 0 Å². The third-order valence-electron chi connectivity index (χ3n) is 1.28. The number of nitrogens with one attached hydrogen (secondary N) is 1. The van der Waals surface area contributed by atoms with E-state index in [0.717, 1.165) is 0 Å². The molecule has 0 spiro atoms. The largest absolute Gasteiger partial charge is 0.383 e. The zero-order valence-corrected chi connectivity index (χ0v) is 6.40. The van der Waals surface area contributed by atoms with Crippen LogP contribution >= 0.6 is 0 Å². The summed E-state index contributed by atoms with van der Waals surface area (Å²) in [5, 5.41) is 8.27. The summed E-state index contributed by atoms with van der Waals surface area (Å²) < 4.78 is 0. The smallest absolute Gasteiger partial charge is 0.279 e. The fraction of sp³-hybridized carbons (Fsp3) is 0.167. The van der Waals surface area contributed by atoms with Crippen molar-refractivity contribution in [3.05, 3.63) is 17.6 Å². The van der Waals surface area contributed by atoms with E-state index < -0.39 is 5.91 Å². The van der Waals surface area contributed by atoms with Crippen molar-refractivity contribution < 1.29 is 10.0 Å². The molecule has 1 aromatic rings. The number of hydrogen-bond acceptors (Lipinski definition) is 5. The lowest BCUT2D eigenvalue weighted by Crippen LogP contribution is -2.21. The Morgan fingerprint density at radius 3 is 2.92 bits per heavy atom. The second kappa shape index (κ2) is 3.14. The lowest BCUT2D eigenvalue weighted by molar-refractivity contribution is 0.0706. The molecular weight excluding hydrogens is 160 g/mol. The summed E-state index contributed by atoms with van der Waals surface area (Å²) in [5.41, 5.74) is 6.88. The molecule has 0 unspecified atom stereocenters. The first-order chi connectivity index (χ1) is 5.65. The number of nitrogens with two attached hydrogens (primary N) is 1. The van der Waals surface area contributed by atoms with E-state index in [1.807, 2.05) is 0 Å². The van der Waals surface area contributed by atoms with Crippen LogP contribution < -0.4 is 11.2 Å². The monoisotopic (exact) mass is 168 g/mol. The first kappa shape index (κ1) is 8.41. The van der Waals surface area contributed by atoms with Crippen molar-refractivity contribution in [1.29, 1.82) is 0 Å². The van der Waals surface area contributed by atoms with Crippen molar-refractivity contribution in [3.8, 4) is 0 Å². The van der Waals surface area contributed by atoms with Crippen molar-refractivity contribution in [2.45, 2.75) is 6.92 Å². The predicted molar refractivity (Wildman–Crippen MR) is 40.4 cm³/mol. The van der Waals surface area contributed by atoms with E-state index in [1.165, 1.54) is 11.7 Å². The average molecular weight is 168 g/mol. The van der Waals surface area contributed by atoms with Crippen molar-refractivity contribution in [3.63, 3.8) is 0 Å². The molecule has 4 N–H and O–H groups in total. The number of aromatic nitrogens is 2.